The van der Waals surface area contributed by atoms with Gasteiger partial charge in [-0.15, -0.1) is 12.4 Å². The van der Waals surface area contributed by atoms with Crippen molar-refractivity contribution in [2.24, 2.45) is 17.4 Å². The zero-order valence-electron chi connectivity index (χ0n) is 34.3. The number of ether oxygens (including phenoxy) is 3. The third-order valence-corrected chi connectivity index (χ3v) is 9.48. The predicted octanol–water partition coefficient (Wildman–Crippen LogP) is 4.46. The molecule has 0 radical (unpaired) electrons. The Kier molecular flexibility index (Phi) is 23.0. The molecule has 2 aromatic rings. The fraction of sp³-hybridized carbons (Fsp3) is 0.561. The Morgan fingerprint density at radius 1 is 0.912 bits per heavy atom. The summed E-state index contributed by atoms with van der Waals surface area (Å²) >= 11 is 1.49. The van der Waals surface area contributed by atoms with Gasteiger partial charge in [0.1, 0.15) is 17.8 Å². The first-order chi connectivity index (χ1) is 26.5. The van der Waals surface area contributed by atoms with Gasteiger partial charge >= 0.3 is 12.1 Å². The fourth-order valence-corrected chi connectivity index (χ4v) is 6.21. The van der Waals surface area contributed by atoms with E-state index in [1.165, 1.54) is 23.8 Å². The van der Waals surface area contributed by atoms with Crippen LogP contribution in [0.2, 0.25) is 0 Å². The van der Waals surface area contributed by atoms with E-state index in [9.17, 15) is 28.8 Å². The molecular weight excluding hydrogens is 774 g/mol. The summed E-state index contributed by atoms with van der Waals surface area (Å²) in [6, 6.07) is 11.4. The number of primary amides is 1. The minimum atomic E-state index is -1.03. The summed E-state index contributed by atoms with van der Waals surface area (Å²) in [4.78, 5) is 78.5. The maximum atomic E-state index is 13.7. The van der Waals surface area contributed by atoms with Crippen LogP contribution in [0.25, 0.3) is 0 Å². The largest absolute Gasteiger partial charge is 0.513 e. The Morgan fingerprint density at radius 2 is 1.60 bits per heavy atom. The predicted molar refractivity (Wildman–Crippen MR) is 224 cm³/mol. The number of nitrogens with one attached hydrogen (secondary N) is 2. The Balaban J connectivity index is 0.0000162. The molecule has 4 amide bonds. The lowest BCUT2D eigenvalue weighted by Crippen LogP contribution is -2.55. The molecule has 2 rings (SSSR count). The van der Waals surface area contributed by atoms with Crippen LogP contribution in [0.1, 0.15) is 83.4 Å². The lowest BCUT2D eigenvalue weighted by Gasteiger charge is -2.30. The molecular formula is C41H62ClN5O9S. The molecule has 0 aromatic heterocycles. The molecule has 6 N–H and O–H groups in total. The number of nitrogens with two attached hydrogens (primary N) is 2. The molecule has 0 saturated heterocycles. The lowest BCUT2D eigenvalue weighted by molar-refractivity contribution is -0.141. The van der Waals surface area contributed by atoms with Gasteiger partial charge in [-0.2, -0.15) is 11.8 Å². The Morgan fingerprint density at radius 3 is 2.19 bits per heavy atom. The van der Waals surface area contributed by atoms with Crippen molar-refractivity contribution in [3.05, 3.63) is 65.2 Å². The van der Waals surface area contributed by atoms with Gasteiger partial charge in [0, 0.05) is 24.9 Å². The second-order valence-corrected chi connectivity index (χ2v) is 16.1. The first kappa shape index (κ1) is 50.7. The number of nitrogens with zero attached hydrogens (tertiary/aromatic N) is 1. The van der Waals surface area contributed by atoms with Crippen LogP contribution in [0.15, 0.2) is 48.5 Å². The molecule has 0 aliphatic heterocycles. The summed E-state index contributed by atoms with van der Waals surface area (Å²) in [6.45, 7) is 9.70. The molecule has 57 heavy (non-hydrogen) atoms. The number of rotatable bonds is 23. The third kappa shape index (κ3) is 18.6. The fourth-order valence-electron chi connectivity index (χ4n) is 5.74. The van der Waals surface area contributed by atoms with E-state index in [1.54, 1.807) is 12.1 Å². The Hall–Kier alpha value is -4.34. The van der Waals surface area contributed by atoms with Gasteiger partial charge in [0.15, 0.2) is 0 Å². The smallest absolute Gasteiger partial charge is 0.469 e. The minimum Gasteiger partial charge on any atom is -0.469 e. The summed E-state index contributed by atoms with van der Waals surface area (Å²) in [6.07, 6.45) is 3.50. The normalized spacial score (nSPS) is 12.6. The van der Waals surface area contributed by atoms with E-state index in [4.69, 9.17) is 25.7 Å². The van der Waals surface area contributed by atoms with E-state index in [-0.39, 0.29) is 63.1 Å². The van der Waals surface area contributed by atoms with Gasteiger partial charge in [0.05, 0.1) is 26.3 Å². The molecule has 3 atom stereocenters. The first-order valence-electron chi connectivity index (χ1n) is 19.0. The monoisotopic (exact) mass is 835 g/mol. The zero-order valence-corrected chi connectivity index (χ0v) is 35.9. The number of hydrogen-bond donors (Lipinski definition) is 4. The zero-order chi connectivity index (χ0) is 41.8. The number of hydrogen-bond acceptors (Lipinski definition) is 11. The molecule has 0 spiro atoms. The van der Waals surface area contributed by atoms with Crippen molar-refractivity contribution in [2.45, 2.75) is 103 Å². The SMILES string of the molecule is COC(=O)CCCCCN(C(=O)CNC(=O)[C@@H](CCSC)NC(=O)[C@@H](N)Cc1ccc(OC(=O)OCC(C)C)c(C(C)(C)C)c1)[C@@H](Cc1ccccc1)C(N)=O.Cl. The van der Waals surface area contributed by atoms with E-state index in [0.29, 0.717) is 30.8 Å². The molecule has 2 aromatic carbocycles. The van der Waals surface area contributed by atoms with Crippen LogP contribution < -0.4 is 26.8 Å². The third-order valence-electron chi connectivity index (χ3n) is 8.83. The number of thioether (sulfide) groups is 1. The van der Waals surface area contributed by atoms with E-state index in [1.807, 2.05) is 77.3 Å². The van der Waals surface area contributed by atoms with Crippen molar-refractivity contribution in [2.75, 3.05) is 38.8 Å². The van der Waals surface area contributed by atoms with Crippen LogP contribution in [0.3, 0.4) is 0 Å². The summed E-state index contributed by atoms with van der Waals surface area (Å²) < 4.78 is 15.4. The maximum Gasteiger partial charge on any atom is 0.513 e. The van der Waals surface area contributed by atoms with Crippen molar-refractivity contribution in [1.82, 2.24) is 15.5 Å². The molecule has 0 aliphatic rings. The molecule has 318 valence electrons. The second-order valence-electron chi connectivity index (χ2n) is 15.1. The molecule has 0 saturated carbocycles. The Labute approximate surface area is 347 Å². The Bertz CT molecular complexity index is 1610. The number of benzene rings is 2. The highest BCUT2D eigenvalue weighted by atomic mass is 35.5. The van der Waals surface area contributed by atoms with Gasteiger partial charge in [-0.1, -0.05) is 83.5 Å². The van der Waals surface area contributed by atoms with Crippen molar-refractivity contribution in [3.8, 4) is 5.75 Å². The minimum absolute atomic E-state index is 0. The summed E-state index contributed by atoms with van der Waals surface area (Å²) in [5, 5.41) is 5.40. The van der Waals surface area contributed by atoms with E-state index in [2.05, 4.69) is 10.6 Å². The highest BCUT2D eigenvalue weighted by Crippen LogP contribution is 2.33. The molecule has 0 heterocycles. The first-order valence-corrected chi connectivity index (χ1v) is 20.4. The molecule has 0 bridgehead atoms. The van der Waals surface area contributed by atoms with Crippen LogP contribution in [0, 0.1) is 5.92 Å². The average Bonchev–Trinajstić information content (AvgIpc) is 3.15. The van der Waals surface area contributed by atoms with Gasteiger partial charge in [0.25, 0.3) is 0 Å². The topological polar surface area (TPSA) is 209 Å². The number of halogens is 1. The lowest BCUT2D eigenvalue weighted by atomic mass is 9.84. The van der Waals surface area contributed by atoms with Crippen molar-refractivity contribution in [1.29, 1.82) is 0 Å². The van der Waals surface area contributed by atoms with E-state index >= 15 is 0 Å². The molecule has 0 unspecified atom stereocenters. The van der Waals surface area contributed by atoms with E-state index < -0.39 is 59.9 Å². The number of amides is 4. The summed E-state index contributed by atoms with van der Waals surface area (Å²) in [5.41, 5.74) is 14.0. The number of carbonyl (C=O) groups excluding carboxylic acids is 6. The molecule has 14 nitrogen and oxygen atoms in total. The quantitative estimate of drug-likeness (QED) is 0.0698. The van der Waals surface area contributed by atoms with E-state index in [0.717, 1.165) is 16.7 Å². The van der Waals surface area contributed by atoms with Gasteiger partial charge in [-0.25, -0.2) is 4.79 Å². The molecule has 0 fully saturated rings. The number of carbonyl (C=O) groups is 6. The summed E-state index contributed by atoms with van der Waals surface area (Å²) in [7, 11) is 1.32. The number of esters is 1. The van der Waals surface area contributed by atoms with Crippen molar-refractivity contribution >= 4 is 59.9 Å². The molecule has 0 aliphatic carbocycles. The molecule has 16 heteroatoms. The van der Waals surface area contributed by atoms with Gasteiger partial charge in [-0.05, 0) is 66.2 Å². The average molecular weight is 836 g/mol. The van der Waals surface area contributed by atoms with Crippen LogP contribution >= 0.6 is 24.2 Å². The summed E-state index contributed by atoms with van der Waals surface area (Å²) in [5.74, 6) is -1.65. The number of methoxy groups -OCH3 is 1. The van der Waals surface area contributed by atoms with Gasteiger partial charge in [-0.3, -0.25) is 24.0 Å². The standard InChI is InChI=1S/C41H61N5O9S.ClH/c1-27(2)26-54-40(52)55-34-18-17-29(22-30(34)41(3,4)5)23-31(42)38(50)45-32(19-21-56-7)39(51)44-25-35(47)46(20-13-9-12-16-36(48)53-6)33(37(43)49)24-28-14-10-8-11-15-28;/h8,10-11,14-15,17-18,22,27,31-33H,9,12-13,16,19-21,23-26,42H2,1-7H3,(H2,43,49)(H,44,51)(H,45,50);1H/t31-,32+,33-;/m0./s1. The highest BCUT2D eigenvalue weighted by molar-refractivity contribution is 7.98. The van der Waals surface area contributed by atoms with Crippen molar-refractivity contribution in [3.63, 3.8) is 0 Å². The van der Waals surface area contributed by atoms with Crippen LogP contribution in [-0.2, 0) is 51.7 Å². The number of unbranched alkanes of at least 4 members (excludes halogenated alkanes) is 2. The second kappa shape index (κ2) is 25.8. The van der Waals surface area contributed by atoms with Crippen LogP contribution in [0.4, 0.5) is 4.79 Å². The van der Waals surface area contributed by atoms with Crippen LogP contribution in [0.5, 0.6) is 5.75 Å². The van der Waals surface area contributed by atoms with Crippen molar-refractivity contribution < 1.29 is 43.0 Å². The van der Waals surface area contributed by atoms with Crippen LogP contribution in [-0.4, -0.2) is 97.6 Å². The highest BCUT2D eigenvalue weighted by Gasteiger charge is 2.30. The maximum absolute atomic E-state index is 13.7. The van der Waals surface area contributed by atoms with Gasteiger partial charge < -0.3 is 41.2 Å². The van der Waals surface area contributed by atoms with Gasteiger partial charge in [0.2, 0.25) is 23.6 Å².